The summed E-state index contributed by atoms with van der Waals surface area (Å²) < 4.78 is 5.02. The van der Waals surface area contributed by atoms with Crippen molar-refractivity contribution in [2.24, 2.45) is 0 Å². The highest BCUT2D eigenvalue weighted by Crippen LogP contribution is 2.24. The zero-order chi connectivity index (χ0) is 15.0. The van der Waals surface area contributed by atoms with Crippen LogP contribution in [0.4, 0.5) is 5.69 Å². The van der Waals surface area contributed by atoms with Crippen LogP contribution >= 0.6 is 11.6 Å². The zero-order valence-electron chi connectivity index (χ0n) is 12.5. The van der Waals surface area contributed by atoms with E-state index in [1.807, 2.05) is 25.2 Å². The molecular formula is C15H25ClN2O2. The molecule has 20 heavy (non-hydrogen) atoms. The molecule has 0 saturated carbocycles. The van der Waals surface area contributed by atoms with Crippen LogP contribution in [0.25, 0.3) is 0 Å². The first-order valence-electron chi connectivity index (χ1n) is 6.92. The Morgan fingerprint density at radius 2 is 2.20 bits per heavy atom. The van der Waals surface area contributed by atoms with Gasteiger partial charge in [0.25, 0.3) is 0 Å². The molecule has 0 radical (unpaired) electrons. The Morgan fingerprint density at radius 3 is 2.85 bits per heavy atom. The summed E-state index contributed by atoms with van der Waals surface area (Å²) in [5, 5.41) is 13.5. The second-order valence-electron chi connectivity index (χ2n) is 5.00. The highest BCUT2D eigenvalue weighted by molar-refractivity contribution is 6.30. The Bertz CT molecular complexity index is 399. The maximum atomic E-state index is 9.39. The molecule has 0 aliphatic carbocycles. The van der Waals surface area contributed by atoms with Gasteiger partial charge in [0.1, 0.15) is 0 Å². The fraction of sp³-hybridized carbons (Fsp3) is 0.600. The van der Waals surface area contributed by atoms with Gasteiger partial charge in [-0.3, -0.25) is 0 Å². The van der Waals surface area contributed by atoms with Gasteiger partial charge in [-0.1, -0.05) is 17.7 Å². The van der Waals surface area contributed by atoms with Crippen LogP contribution in [-0.2, 0) is 11.3 Å². The molecule has 114 valence electrons. The Morgan fingerprint density at radius 1 is 1.45 bits per heavy atom. The maximum Gasteiger partial charge on any atom is 0.0587 e. The summed E-state index contributed by atoms with van der Waals surface area (Å²) in [6, 6.07) is 5.91. The van der Waals surface area contributed by atoms with Gasteiger partial charge >= 0.3 is 0 Å². The van der Waals surface area contributed by atoms with Gasteiger partial charge in [-0.2, -0.15) is 0 Å². The summed E-state index contributed by atoms with van der Waals surface area (Å²) in [5.41, 5.74) is 2.29. The first-order chi connectivity index (χ1) is 9.54. The van der Waals surface area contributed by atoms with Gasteiger partial charge in [0, 0.05) is 44.5 Å². The van der Waals surface area contributed by atoms with Gasteiger partial charge < -0.3 is 20.1 Å². The lowest BCUT2D eigenvalue weighted by Gasteiger charge is -2.23. The molecule has 5 heteroatoms. The number of nitrogens with zero attached hydrogens (tertiary/aromatic N) is 1. The average molecular weight is 301 g/mol. The molecule has 1 aromatic carbocycles. The Hall–Kier alpha value is -0.810. The number of methoxy groups -OCH3 is 1. The molecule has 2 N–H and O–H groups in total. The predicted molar refractivity (Wildman–Crippen MR) is 84.6 cm³/mol. The van der Waals surface area contributed by atoms with Crippen molar-refractivity contribution in [3.05, 3.63) is 28.8 Å². The van der Waals surface area contributed by atoms with Crippen molar-refractivity contribution in [3.8, 4) is 0 Å². The van der Waals surface area contributed by atoms with Crippen molar-refractivity contribution in [2.45, 2.75) is 26.0 Å². The molecular weight excluding hydrogens is 276 g/mol. The summed E-state index contributed by atoms with van der Waals surface area (Å²) in [6.07, 6.45) is 0.444. The van der Waals surface area contributed by atoms with Crippen LogP contribution in [0.15, 0.2) is 18.2 Å². The zero-order valence-corrected chi connectivity index (χ0v) is 13.3. The summed E-state index contributed by atoms with van der Waals surface area (Å²) in [5.74, 6) is 0. The molecule has 0 aliphatic rings. The van der Waals surface area contributed by atoms with Crippen LogP contribution < -0.4 is 10.2 Å². The van der Waals surface area contributed by atoms with Gasteiger partial charge in [0.05, 0.1) is 12.7 Å². The Kier molecular flexibility index (Phi) is 7.92. The number of aliphatic hydroxyl groups is 1. The lowest BCUT2D eigenvalue weighted by molar-refractivity contribution is 0.187. The summed E-state index contributed by atoms with van der Waals surface area (Å²) in [6.45, 7) is 4.88. The minimum absolute atomic E-state index is 0.292. The first kappa shape index (κ1) is 17.2. The molecule has 1 atom stereocenters. The number of nitrogens with one attached hydrogen (secondary N) is 1. The third-order valence-electron chi connectivity index (χ3n) is 3.14. The molecule has 1 unspecified atom stereocenters. The molecule has 0 fully saturated rings. The number of halogens is 1. The Labute approximate surface area is 126 Å². The number of rotatable bonds is 9. The molecule has 1 rings (SSSR count). The molecule has 1 aromatic rings. The van der Waals surface area contributed by atoms with Crippen LogP contribution in [0.2, 0.25) is 5.02 Å². The fourth-order valence-corrected chi connectivity index (χ4v) is 2.11. The van der Waals surface area contributed by atoms with E-state index in [9.17, 15) is 5.11 Å². The second-order valence-corrected chi connectivity index (χ2v) is 5.44. The van der Waals surface area contributed by atoms with E-state index in [2.05, 4.69) is 10.2 Å². The molecule has 0 aliphatic heterocycles. The van der Waals surface area contributed by atoms with E-state index < -0.39 is 0 Å². The minimum Gasteiger partial charge on any atom is -0.393 e. The first-order valence-corrected chi connectivity index (χ1v) is 7.29. The number of hydrogen-bond donors (Lipinski definition) is 2. The SMILES string of the molecule is COCCNCc1ccc(Cl)cc1N(C)CCC(C)O. The van der Waals surface area contributed by atoms with Crippen molar-refractivity contribution < 1.29 is 9.84 Å². The van der Waals surface area contributed by atoms with Crippen molar-refractivity contribution in [2.75, 3.05) is 38.8 Å². The third kappa shape index (κ3) is 6.09. The monoisotopic (exact) mass is 300 g/mol. The molecule has 0 amide bonds. The van der Waals surface area contributed by atoms with Crippen molar-refractivity contribution in [1.29, 1.82) is 0 Å². The van der Waals surface area contributed by atoms with E-state index >= 15 is 0 Å². The molecule has 0 spiro atoms. The van der Waals surface area contributed by atoms with Crippen LogP contribution in [0.1, 0.15) is 18.9 Å². The molecule has 4 nitrogen and oxygen atoms in total. The van der Waals surface area contributed by atoms with Gasteiger partial charge in [-0.25, -0.2) is 0 Å². The van der Waals surface area contributed by atoms with E-state index in [4.69, 9.17) is 16.3 Å². The van der Waals surface area contributed by atoms with Crippen molar-refractivity contribution in [3.63, 3.8) is 0 Å². The number of aliphatic hydroxyl groups excluding tert-OH is 1. The van der Waals surface area contributed by atoms with Gasteiger partial charge in [-0.05, 0) is 31.0 Å². The normalized spacial score (nSPS) is 12.4. The quantitative estimate of drug-likeness (QED) is 0.687. The maximum absolute atomic E-state index is 9.39. The molecule has 0 bridgehead atoms. The van der Waals surface area contributed by atoms with E-state index in [0.29, 0.717) is 6.61 Å². The number of anilines is 1. The lowest BCUT2D eigenvalue weighted by Crippen LogP contribution is -2.25. The summed E-state index contributed by atoms with van der Waals surface area (Å²) in [4.78, 5) is 2.13. The second kappa shape index (κ2) is 9.19. The molecule has 0 aromatic heterocycles. The van der Waals surface area contributed by atoms with Crippen molar-refractivity contribution in [1.82, 2.24) is 5.32 Å². The third-order valence-corrected chi connectivity index (χ3v) is 3.37. The Balaban J connectivity index is 2.68. The summed E-state index contributed by atoms with van der Waals surface area (Å²) >= 11 is 6.09. The fourth-order valence-electron chi connectivity index (χ4n) is 1.94. The molecule has 0 saturated heterocycles. The number of benzene rings is 1. The minimum atomic E-state index is -0.292. The number of hydrogen-bond acceptors (Lipinski definition) is 4. The van der Waals surface area contributed by atoms with E-state index in [0.717, 1.165) is 36.8 Å². The smallest absolute Gasteiger partial charge is 0.0587 e. The van der Waals surface area contributed by atoms with Crippen LogP contribution in [-0.4, -0.2) is 45.1 Å². The standard InChI is InChI=1S/C15H25ClN2O2/c1-12(19)6-8-18(2)15-10-14(16)5-4-13(15)11-17-7-9-20-3/h4-5,10,12,17,19H,6-9,11H2,1-3H3. The van der Waals surface area contributed by atoms with Gasteiger partial charge in [-0.15, -0.1) is 0 Å². The highest BCUT2D eigenvalue weighted by Gasteiger charge is 2.09. The van der Waals surface area contributed by atoms with Crippen LogP contribution in [0.3, 0.4) is 0 Å². The topological polar surface area (TPSA) is 44.7 Å². The van der Waals surface area contributed by atoms with Crippen LogP contribution in [0.5, 0.6) is 0 Å². The summed E-state index contributed by atoms with van der Waals surface area (Å²) in [7, 11) is 3.71. The van der Waals surface area contributed by atoms with E-state index in [1.165, 1.54) is 5.56 Å². The number of ether oxygens (including phenoxy) is 1. The van der Waals surface area contributed by atoms with E-state index in [-0.39, 0.29) is 6.10 Å². The lowest BCUT2D eigenvalue weighted by atomic mass is 10.1. The highest BCUT2D eigenvalue weighted by atomic mass is 35.5. The molecule has 0 heterocycles. The van der Waals surface area contributed by atoms with Crippen molar-refractivity contribution >= 4 is 17.3 Å². The van der Waals surface area contributed by atoms with Gasteiger partial charge in [0.15, 0.2) is 0 Å². The largest absolute Gasteiger partial charge is 0.393 e. The average Bonchev–Trinajstić information content (AvgIpc) is 2.42. The predicted octanol–water partition coefficient (Wildman–Crippen LogP) is 2.28. The van der Waals surface area contributed by atoms with Gasteiger partial charge in [0.2, 0.25) is 0 Å². The van der Waals surface area contributed by atoms with E-state index in [1.54, 1.807) is 14.0 Å². The van der Waals surface area contributed by atoms with Crippen LogP contribution in [0, 0.1) is 0 Å².